The summed E-state index contributed by atoms with van der Waals surface area (Å²) in [6, 6.07) is -10.7. The zero-order chi connectivity index (χ0) is 74.2. The van der Waals surface area contributed by atoms with Gasteiger partial charge in [0.25, 0.3) is 0 Å². The minimum Gasteiger partial charge on any atom is -0.378 e. The van der Waals surface area contributed by atoms with Gasteiger partial charge in [-0.2, -0.15) is 13.2 Å². The van der Waals surface area contributed by atoms with Gasteiger partial charge in [-0.1, -0.05) is 84.5 Å². The number of fused-ring (bicyclic) bond motifs is 2. The predicted octanol–water partition coefficient (Wildman–Crippen LogP) is 5.23. The molecule has 0 radical (unpaired) electrons. The Bertz CT molecular complexity index is 3050. The Hall–Kier alpha value is -6.32. The van der Waals surface area contributed by atoms with Gasteiger partial charge in [-0.3, -0.25) is 57.5 Å². The fraction of sp³-hybridized carbons (Fsp3) is 0.836. The number of nitrogens with one attached hydrogen (secondary N) is 3. The Morgan fingerprint density at radius 2 is 1.20 bits per heavy atom. The number of rotatable bonds is 10. The summed E-state index contributed by atoms with van der Waals surface area (Å²) in [5, 5.41) is 7.73. The summed E-state index contributed by atoms with van der Waals surface area (Å²) in [4.78, 5) is 194. The normalized spacial score (nSPS) is 32.3. The van der Waals surface area contributed by atoms with Gasteiger partial charge >= 0.3 is 6.18 Å². The molecule has 9 aliphatic rings. The molecule has 0 aromatic heterocycles. The zero-order valence-electron chi connectivity index (χ0n) is 61.6. The second-order valence-corrected chi connectivity index (χ2v) is 32.0. The molecular formula is C73H114ClF3N12O13. The van der Waals surface area contributed by atoms with Crippen LogP contribution in [0.4, 0.5) is 13.2 Å². The first-order chi connectivity index (χ1) is 48.4. The van der Waals surface area contributed by atoms with Gasteiger partial charge in [0.1, 0.15) is 59.9 Å². The second-order valence-electron chi connectivity index (χ2n) is 31.4. The molecule has 29 heteroatoms. The van der Waals surface area contributed by atoms with Crippen LogP contribution in [0.25, 0.3) is 0 Å². The fourth-order valence-corrected chi connectivity index (χ4v) is 18.6. The highest BCUT2D eigenvalue weighted by molar-refractivity contribution is 6.21. The first kappa shape index (κ1) is 79.8. The van der Waals surface area contributed by atoms with Crippen molar-refractivity contribution in [2.45, 2.75) is 266 Å². The van der Waals surface area contributed by atoms with Gasteiger partial charge in [0.2, 0.25) is 70.9 Å². The van der Waals surface area contributed by atoms with Crippen molar-refractivity contribution in [3.8, 4) is 0 Å². The Labute approximate surface area is 604 Å². The number of carbonyl (C=O) groups excluding carboxylic acids is 12. The van der Waals surface area contributed by atoms with Crippen molar-refractivity contribution in [3.05, 3.63) is 0 Å². The third kappa shape index (κ3) is 18.0. The van der Waals surface area contributed by atoms with Gasteiger partial charge < -0.3 is 64.8 Å². The number of hydrogen-bond donors (Lipinski definition) is 3. The van der Waals surface area contributed by atoms with Gasteiger partial charge in [-0.15, -0.1) is 11.6 Å². The lowest BCUT2D eigenvalue weighted by Crippen LogP contribution is -2.65. The molecule has 13 atom stereocenters. The lowest BCUT2D eigenvalue weighted by molar-refractivity contribution is -0.182. The quantitative estimate of drug-likeness (QED) is 0.237. The van der Waals surface area contributed by atoms with Crippen molar-refractivity contribution >= 4 is 82.5 Å². The van der Waals surface area contributed by atoms with Crippen LogP contribution < -0.4 is 16.0 Å². The van der Waals surface area contributed by atoms with E-state index in [2.05, 4.69) is 16.0 Å². The number of likely N-dealkylation sites (N-methyl/N-ethyl adjacent to an activating group) is 6. The summed E-state index contributed by atoms with van der Waals surface area (Å²) in [7, 11) is 8.83. The molecule has 3 unspecified atom stereocenters. The van der Waals surface area contributed by atoms with Crippen LogP contribution in [0.1, 0.15) is 194 Å². The number of carbonyl (C=O) groups is 12. The molecule has 1 spiro atoms. The number of nitrogens with zero attached hydrogens (tertiary/aromatic N) is 9. The molecule has 25 nitrogen and oxygen atoms in total. The van der Waals surface area contributed by atoms with Gasteiger partial charge in [-0.25, -0.2) is 0 Å². The topological polar surface area (TPSA) is 279 Å². The number of morpholine rings is 1. The Balaban J connectivity index is 1.07. The van der Waals surface area contributed by atoms with Crippen LogP contribution in [-0.2, 0) is 62.3 Å². The Morgan fingerprint density at radius 1 is 0.598 bits per heavy atom. The molecule has 0 bridgehead atoms. The summed E-state index contributed by atoms with van der Waals surface area (Å²) in [6.45, 7) is 5.61. The molecule has 572 valence electrons. The number of hydrogen-bond acceptors (Lipinski definition) is 13. The molecule has 9 rings (SSSR count). The van der Waals surface area contributed by atoms with Gasteiger partial charge in [0.15, 0.2) is 0 Å². The van der Waals surface area contributed by atoms with Crippen LogP contribution >= 0.6 is 11.6 Å². The molecule has 4 aliphatic heterocycles. The standard InChI is InChI=1S/C73H114ClF3N12O13/c1-10-44(2)59-68(98)82(5)45(3)64(94)89-35-31-54(89)66(96)85(8)60(48-22-13-14-23-48)69(99)81(4)43-57(90)78-52(30-28-47-27-29-50(51(74)40-47)73(75,76)77)65(95)88-34-19-26-53(88)63(93)80-72(32-17-18-33-72)71(101)86(9)61(49-24-15-16-25-49)70(100)84(7)56(67(97)87-36-38-102-39-37-87)42-58(91)83(6)55(62(92)79-59)41-46-20-11-12-21-46/h44-56,59-61H,10-43H2,1-9H3,(H,78,90)(H,79,92)(H,80,93)/t44-,45-,47?,50?,51?,52-,53-,54-,55-,56-,59-,60-,61-/m0/s1. The third-order valence-corrected chi connectivity index (χ3v) is 25.4. The molecular weight excluding hydrogens is 1350 g/mol. The van der Waals surface area contributed by atoms with Crippen molar-refractivity contribution < 1.29 is 75.4 Å². The zero-order valence-corrected chi connectivity index (χ0v) is 62.4. The molecule has 4 saturated heterocycles. The van der Waals surface area contributed by atoms with Crippen molar-refractivity contribution in [2.75, 3.05) is 88.2 Å². The summed E-state index contributed by atoms with van der Waals surface area (Å²) < 4.78 is 47.7. The smallest absolute Gasteiger partial charge is 0.378 e. The highest BCUT2D eigenvalue weighted by Crippen LogP contribution is 2.44. The highest BCUT2D eigenvalue weighted by atomic mass is 35.5. The highest BCUT2D eigenvalue weighted by Gasteiger charge is 2.53. The lowest BCUT2D eigenvalue weighted by Gasteiger charge is -2.45. The minimum atomic E-state index is -4.51. The maximum Gasteiger partial charge on any atom is 0.393 e. The third-order valence-electron chi connectivity index (χ3n) is 25.0. The molecule has 9 fully saturated rings. The van der Waals surface area contributed by atoms with Crippen LogP contribution in [0, 0.1) is 35.5 Å². The van der Waals surface area contributed by atoms with Gasteiger partial charge in [-0.05, 0) is 133 Å². The number of amides is 12. The molecule has 0 aromatic rings. The average Bonchev–Trinajstić information content (AvgIpc) is 1.46. The molecule has 12 amide bonds. The van der Waals surface area contributed by atoms with Crippen molar-refractivity contribution in [3.63, 3.8) is 0 Å². The number of ether oxygens (including phenoxy) is 1. The van der Waals surface area contributed by atoms with Crippen molar-refractivity contribution in [1.82, 2.24) is 60.0 Å². The average molecular weight is 1460 g/mol. The maximum absolute atomic E-state index is 15.8. The molecule has 4 heterocycles. The van der Waals surface area contributed by atoms with E-state index in [1.165, 1.54) is 81.5 Å². The van der Waals surface area contributed by atoms with Crippen LogP contribution in [0.3, 0.4) is 0 Å². The van der Waals surface area contributed by atoms with E-state index < -0.39 is 173 Å². The first-order valence-electron chi connectivity index (χ1n) is 38.1. The molecule has 102 heavy (non-hydrogen) atoms. The van der Waals surface area contributed by atoms with E-state index >= 15 is 38.4 Å². The van der Waals surface area contributed by atoms with Crippen LogP contribution in [0.2, 0.25) is 0 Å². The summed E-state index contributed by atoms with van der Waals surface area (Å²) in [6.07, 6.45) is 6.58. The first-order valence-corrected chi connectivity index (χ1v) is 38.5. The maximum atomic E-state index is 15.8. The van der Waals surface area contributed by atoms with E-state index in [-0.39, 0.29) is 121 Å². The minimum absolute atomic E-state index is 0.00273. The van der Waals surface area contributed by atoms with E-state index in [1.54, 1.807) is 18.7 Å². The molecule has 5 saturated carbocycles. The van der Waals surface area contributed by atoms with Crippen molar-refractivity contribution in [1.29, 1.82) is 0 Å². The molecule has 3 N–H and O–H groups in total. The summed E-state index contributed by atoms with van der Waals surface area (Å²) in [5.74, 6) is -10.5. The van der Waals surface area contributed by atoms with E-state index in [0.29, 0.717) is 51.4 Å². The largest absolute Gasteiger partial charge is 0.393 e. The second kappa shape index (κ2) is 34.7. The molecule has 0 aromatic carbocycles. The van der Waals surface area contributed by atoms with E-state index in [4.69, 9.17) is 16.3 Å². The van der Waals surface area contributed by atoms with Gasteiger partial charge in [0, 0.05) is 73.8 Å². The predicted molar refractivity (Wildman–Crippen MR) is 372 cm³/mol. The van der Waals surface area contributed by atoms with E-state index in [0.717, 1.165) is 51.4 Å². The summed E-state index contributed by atoms with van der Waals surface area (Å²) >= 11 is 6.41. The van der Waals surface area contributed by atoms with Crippen molar-refractivity contribution in [2.24, 2.45) is 35.5 Å². The van der Waals surface area contributed by atoms with E-state index in [1.807, 2.05) is 6.92 Å². The SMILES string of the molecule is CC[C@H](C)[C@@H]1NC(=O)[C@H](CC2CCCC2)N(C)C(=O)C[C@@H](C(=O)N2CCOCC2)N(C)C(=O)[C@H](C2CCCC2)N(C)C(=O)C2(CCCC2)NC(=O)[C@@H]2CCCN2C(=O)[C@H](CCC2CCC(C(F)(F)F)C(Cl)C2)NC(=O)CN(C)C(=O)[C@H](C2CCCC2)N(C)C(=O)[C@@H]2CCN2C(=O)[C@H](C)N(C)C1=O. The summed E-state index contributed by atoms with van der Waals surface area (Å²) in [5.41, 5.74) is -1.56. The lowest BCUT2D eigenvalue weighted by atomic mass is 9.78. The number of halogens is 4. The van der Waals surface area contributed by atoms with Crippen LogP contribution in [0.15, 0.2) is 0 Å². The van der Waals surface area contributed by atoms with Crippen LogP contribution in [0.5, 0.6) is 0 Å². The van der Waals surface area contributed by atoms with Crippen LogP contribution in [-0.4, -0.2) is 275 Å². The number of alkyl halides is 4. The fourth-order valence-electron chi connectivity index (χ4n) is 18.1. The Morgan fingerprint density at radius 3 is 1.77 bits per heavy atom. The van der Waals surface area contributed by atoms with Gasteiger partial charge in [0.05, 0.1) is 32.1 Å². The molecule has 5 aliphatic carbocycles. The van der Waals surface area contributed by atoms with E-state index in [9.17, 15) is 32.3 Å². The Kier molecular flexibility index (Phi) is 27.2. The monoisotopic (exact) mass is 1460 g/mol.